The highest BCUT2D eigenvalue weighted by Crippen LogP contribution is 2.39. The molecule has 2 aromatic carbocycles. The maximum Gasteiger partial charge on any atom is 0.257 e. The lowest BCUT2D eigenvalue weighted by Gasteiger charge is -2.44. The Morgan fingerprint density at radius 2 is 1.74 bits per heavy atom. The number of nitrogens with one attached hydrogen (secondary N) is 1. The van der Waals surface area contributed by atoms with Crippen molar-refractivity contribution in [1.82, 2.24) is 15.1 Å². The van der Waals surface area contributed by atoms with Crippen LogP contribution in [-0.4, -0.2) is 72.1 Å². The molecular weight excluding hydrogens is 453 g/mol. The zero-order chi connectivity index (χ0) is 25.2. The fourth-order valence-corrected chi connectivity index (χ4v) is 4.68. The molecule has 2 heterocycles. The summed E-state index contributed by atoms with van der Waals surface area (Å²) in [5.74, 6) is -0.692. The van der Waals surface area contributed by atoms with Crippen LogP contribution in [0.4, 0.5) is 4.39 Å². The maximum absolute atomic E-state index is 13.8. The van der Waals surface area contributed by atoms with Gasteiger partial charge in [-0.15, -0.1) is 0 Å². The number of hydrogen-bond acceptors (Lipinski definition) is 5. The van der Waals surface area contributed by atoms with Crippen LogP contribution >= 0.6 is 0 Å². The van der Waals surface area contributed by atoms with Gasteiger partial charge in [-0.05, 0) is 56.3 Å². The number of methoxy groups -OCH3 is 1. The Morgan fingerprint density at radius 3 is 2.37 bits per heavy atom. The molecule has 4 rings (SSSR count). The number of halogens is 1. The van der Waals surface area contributed by atoms with E-state index in [9.17, 15) is 18.8 Å². The fraction of sp³-hybridized carbons (Fsp3) is 0.423. The Morgan fingerprint density at radius 1 is 1.06 bits per heavy atom. The van der Waals surface area contributed by atoms with Crippen molar-refractivity contribution in [1.29, 1.82) is 0 Å². The zero-order valence-electron chi connectivity index (χ0n) is 20.1. The van der Waals surface area contributed by atoms with Crippen molar-refractivity contribution in [2.24, 2.45) is 0 Å². The van der Waals surface area contributed by atoms with Gasteiger partial charge in [0.15, 0.2) is 0 Å². The van der Waals surface area contributed by atoms with E-state index in [1.54, 1.807) is 34.1 Å². The number of rotatable bonds is 5. The van der Waals surface area contributed by atoms with Crippen LogP contribution in [0.15, 0.2) is 48.5 Å². The van der Waals surface area contributed by atoms with Crippen molar-refractivity contribution in [2.75, 3.05) is 26.8 Å². The molecule has 186 valence electrons. The van der Waals surface area contributed by atoms with Crippen molar-refractivity contribution >= 4 is 17.7 Å². The molecule has 1 unspecified atom stereocenters. The van der Waals surface area contributed by atoms with E-state index in [0.717, 1.165) is 0 Å². The monoisotopic (exact) mass is 483 g/mol. The summed E-state index contributed by atoms with van der Waals surface area (Å²) >= 11 is 0. The van der Waals surface area contributed by atoms with Gasteiger partial charge >= 0.3 is 0 Å². The lowest BCUT2D eigenvalue weighted by Crippen LogP contribution is -2.60. The average molecular weight is 484 g/mol. The van der Waals surface area contributed by atoms with Crippen molar-refractivity contribution in [2.45, 2.75) is 44.5 Å². The van der Waals surface area contributed by atoms with E-state index in [1.807, 2.05) is 13.8 Å². The van der Waals surface area contributed by atoms with Gasteiger partial charge in [0.05, 0.1) is 13.7 Å². The van der Waals surface area contributed by atoms with Crippen molar-refractivity contribution in [3.05, 3.63) is 65.5 Å². The van der Waals surface area contributed by atoms with Gasteiger partial charge in [-0.3, -0.25) is 19.3 Å². The fourth-order valence-electron chi connectivity index (χ4n) is 4.68. The SMILES string of the molecule is COc1cccc(C(=O)N2C(C(=O)NC(C)C)COC23CCN(C(=O)c2ccc(F)cc2)CC3)c1. The second-order valence-electron chi connectivity index (χ2n) is 9.14. The first-order valence-corrected chi connectivity index (χ1v) is 11.7. The standard InChI is InChI=1S/C26H30FN3O5/c1-17(2)28-23(31)22-16-35-26(30(22)25(33)19-5-4-6-21(15-19)34-3)11-13-29(14-12-26)24(32)18-7-9-20(27)10-8-18/h4-10,15,17,22H,11-14,16H2,1-3H3,(H,28,31). The first-order chi connectivity index (χ1) is 16.7. The van der Waals surface area contributed by atoms with Gasteiger partial charge in [-0.1, -0.05) is 6.07 Å². The molecule has 1 N–H and O–H groups in total. The summed E-state index contributed by atoms with van der Waals surface area (Å²) in [6.45, 7) is 4.45. The number of ether oxygens (including phenoxy) is 2. The van der Waals surface area contributed by atoms with Gasteiger partial charge in [0.2, 0.25) is 5.91 Å². The van der Waals surface area contributed by atoms with Gasteiger partial charge in [0.1, 0.15) is 23.3 Å². The molecule has 35 heavy (non-hydrogen) atoms. The molecule has 8 nitrogen and oxygen atoms in total. The molecule has 1 spiro atoms. The Balaban J connectivity index is 1.58. The van der Waals surface area contributed by atoms with Gasteiger partial charge < -0.3 is 19.7 Å². The molecule has 2 saturated heterocycles. The number of likely N-dealkylation sites (tertiary alicyclic amines) is 1. The predicted molar refractivity (Wildman–Crippen MR) is 126 cm³/mol. The Hall–Kier alpha value is -3.46. The molecule has 2 aliphatic rings. The minimum atomic E-state index is -1.02. The summed E-state index contributed by atoms with van der Waals surface area (Å²) in [5, 5.41) is 2.89. The van der Waals surface area contributed by atoms with Gasteiger partial charge in [0, 0.05) is 43.1 Å². The van der Waals surface area contributed by atoms with Crippen LogP contribution < -0.4 is 10.1 Å². The van der Waals surface area contributed by atoms with E-state index in [4.69, 9.17) is 9.47 Å². The van der Waals surface area contributed by atoms with E-state index in [2.05, 4.69) is 5.32 Å². The third kappa shape index (κ3) is 5.00. The molecule has 0 saturated carbocycles. The summed E-state index contributed by atoms with van der Waals surface area (Å²) < 4.78 is 24.7. The Kier molecular flexibility index (Phi) is 7.07. The van der Waals surface area contributed by atoms with Crippen molar-refractivity contribution < 1.29 is 28.2 Å². The van der Waals surface area contributed by atoms with Gasteiger partial charge in [-0.2, -0.15) is 0 Å². The van der Waals surface area contributed by atoms with E-state index in [-0.39, 0.29) is 30.4 Å². The summed E-state index contributed by atoms with van der Waals surface area (Å²) in [6.07, 6.45) is 0.697. The van der Waals surface area contributed by atoms with Crippen LogP contribution in [-0.2, 0) is 9.53 Å². The molecule has 0 bridgehead atoms. The highest BCUT2D eigenvalue weighted by Gasteiger charge is 2.54. The smallest absolute Gasteiger partial charge is 0.257 e. The summed E-state index contributed by atoms with van der Waals surface area (Å²) in [6, 6.07) is 11.3. The van der Waals surface area contributed by atoms with E-state index >= 15 is 0 Å². The summed E-state index contributed by atoms with van der Waals surface area (Å²) in [7, 11) is 1.52. The molecule has 0 aromatic heterocycles. The first kappa shape index (κ1) is 24.7. The molecule has 9 heteroatoms. The van der Waals surface area contributed by atoms with E-state index in [1.165, 1.54) is 31.4 Å². The Labute approximate surface area is 204 Å². The average Bonchev–Trinajstić information content (AvgIpc) is 3.22. The second kappa shape index (κ2) is 10.0. The lowest BCUT2D eigenvalue weighted by molar-refractivity contribution is -0.128. The minimum Gasteiger partial charge on any atom is -0.497 e. The van der Waals surface area contributed by atoms with Crippen LogP contribution in [0.5, 0.6) is 5.75 Å². The number of nitrogens with zero attached hydrogens (tertiary/aromatic N) is 2. The number of amides is 3. The number of hydrogen-bond donors (Lipinski definition) is 1. The largest absolute Gasteiger partial charge is 0.497 e. The minimum absolute atomic E-state index is 0.0696. The van der Waals surface area contributed by atoms with E-state index in [0.29, 0.717) is 42.8 Å². The molecule has 2 aromatic rings. The lowest BCUT2D eigenvalue weighted by atomic mass is 9.96. The highest BCUT2D eigenvalue weighted by molar-refractivity contribution is 5.99. The van der Waals surface area contributed by atoms with Crippen LogP contribution in [0.1, 0.15) is 47.4 Å². The van der Waals surface area contributed by atoms with Gasteiger partial charge in [0.25, 0.3) is 11.8 Å². The molecule has 0 aliphatic carbocycles. The topological polar surface area (TPSA) is 88.2 Å². The Bertz CT molecular complexity index is 1100. The normalized spacial score (nSPS) is 19.2. The maximum atomic E-state index is 13.8. The van der Waals surface area contributed by atoms with Crippen LogP contribution in [0, 0.1) is 5.82 Å². The number of carbonyl (C=O) groups excluding carboxylic acids is 3. The van der Waals surface area contributed by atoms with Crippen molar-refractivity contribution in [3.63, 3.8) is 0 Å². The number of benzene rings is 2. The first-order valence-electron chi connectivity index (χ1n) is 11.7. The molecule has 2 aliphatic heterocycles. The van der Waals surface area contributed by atoms with Crippen LogP contribution in [0.3, 0.4) is 0 Å². The number of piperidine rings is 1. The summed E-state index contributed by atoms with van der Waals surface area (Å²) in [5.41, 5.74) is -0.229. The second-order valence-corrected chi connectivity index (χ2v) is 9.14. The van der Waals surface area contributed by atoms with Crippen LogP contribution in [0.25, 0.3) is 0 Å². The third-order valence-electron chi connectivity index (χ3n) is 6.45. The zero-order valence-corrected chi connectivity index (χ0v) is 20.1. The predicted octanol–water partition coefficient (Wildman–Crippen LogP) is 2.83. The summed E-state index contributed by atoms with van der Waals surface area (Å²) in [4.78, 5) is 42.9. The number of carbonyl (C=O) groups is 3. The van der Waals surface area contributed by atoms with Crippen LogP contribution in [0.2, 0.25) is 0 Å². The highest BCUT2D eigenvalue weighted by atomic mass is 19.1. The molecule has 1 atom stereocenters. The van der Waals surface area contributed by atoms with Crippen molar-refractivity contribution in [3.8, 4) is 5.75 Å². The quantitative estimate of drug-likeness (QED) is 0.707. The molecule has 2 fully saturated rings. The van der Waals surface area contributed by atoms with Gasteiger partial charge in [-0.25, -0.2) is 4.39 Å². The molecular formula is C26H30FN3O5. The molecule has 0 radical (unpaired) electrons. The van der Waals surface area contributed by atoms with E-state index < -0.39 is 17.6 Å². The molecule has 3 amide bonds. The third-order valence-corrected chi connectivity index (χ3v) is 6.45.